The maximum Gasteiger partial charge on any atom is 0.409 e. The van der Waals surface area contributed by atoms with Crippen molar-refractivity contribution in [1.82, 2.24) is 0 Å². The largest absolute Gasteiger partial charge is 0.409 e. The summed E-state index contributed by atoms with van der Waals surface area (Å²) in [5.74, 6) is -0.689. The second-order valence-electron chi connectivity index (χ2n) is 3.58. The molecule has 0 aliphatic heterocycles. The minimum absolute atomic E-state index is 0.146. The van der Waals surface area contributed by atoms with Crippen LogP contribution < -0.4 is 0 Å². The van der Waals surface area contributed by atoms with Crippen LogP contribution in [0.15, 0.2) is 0 Å². The summed E-state index contributed by atoms with van der Waals surface area (Å²) in [7, 11) is -5.11. The van der Waals surface area contributed by atoms with Gasteiger partial charge < -0.3 is 9.05 Å². The van der Waals surface area contributed by atoms with E-state index in [2.05, 4.69) is 9.05 Å². The van der Waals surface area contributed by atoms with Crippen LogP contribution in [0.1, 0.15) is 0 Å². The van der Waals surface area contributed by atoms with Crippen molar-refractivity contribution in [2.75, 3.05) is 52.3 Å². The predicted octanol–water partition coefficient (Wildman–Crippen LogP) is 0.935. The lowest BCUT2D eigenvalue weighted by Crippen LogP contribution is -2.19. The Bertz CT molecular complexity index is 397. The monoisotopic (exact) mass is 339 g/mol. The fourth-order valence-electron chi connectivity index (χ4n) is 1.12. The smallest absolute Gasteiger partial charge is 0.312 e. The van der Waals surface area contributed by atoms with E-state index in [0.717, 1.165) is 0 Å². The van der Waals surface area contributed by atoms with Crippen LogP contribution in [-0.4, -0.2) is 65.6 Å². The average molecular weight is 339 g/mol. The highest BCUT2D eigenvalue weighted by atomic mass is 32.2. The molecule has 0 aromatic heterocycles. The van der Waals surface area contributed by atoms with Gasteiger partial charge in [-0.3, -0.25) is 4.57 Å². The quantitative estimate of drug-likeness (QED) is 0.586. The van der Waals surface area contributed by atoms with Gasteiger partial charge in [-0.1, -0.05) is 0 Å². The first-order valence-corrected chi connectivity index (χ1v) is 10.6. The van der Waals surface area contributed by atoms with Gasteiger partial charge in [-0.25, -0.2) is 8.42 Å². The van der Waals surface area contributed by atoms with Crippen LogP contribution in [-0.2, 0) is 32.5 Å². The Kier molecular flexibility index (Phi) is 8.17. The van der Waals surface area contributed by atoms with E-state index in [1.54, 1.807) is 0 Å². The third kappa shape index (κ3) is 7.11. The van der Waals surface area contributed by atoms with Crippen LogP contribution in [0.4, 0.5) is 0 Å². The van der Waals surface area contributed by atoms with E-state index in [1.807, 2.05) is 0 Å². The fourth-order valence-corrected chi connectivity index (χ4v) is 6.40. The van der Waals surface area contributed by atoms with E-state index in [4.69, 9.17) is 9.05 Å². The van der Waals surface area contributed by atoms with E-state index in [0.29, 0.717) is 0 Å². The van der Waals surface area contributed by atoms with E-state index in [-0.39, 0.29) is 23.8 Å². The Balaban J connectivity index is 4.47. The van der Waals surface area contributed by atoms with Crippen molar-refractivity contribution in [2.45, 2.75) is 0 Å². The van der Waals surface area contributed by atoms with Gasteiger partial charge in [0.05, 0.1) is 31.9 Å². The first kappa shape index (κ1) is 19.4. The topological polar surface area (TPSA) is 108 Å². The van der Waals surface area contributed by atoms with Gasteiger partial charge in [0, 0.05) is 14.2 Å². The van der Waals surface area contributed by atoms with Crippen LogP contribution in [0.25, 0.3) is 0 Å². The number of sulfone groups is 1. The van der Waals surface area contributed by atoms with Gasteiger partial charge in [0.25, 0.3) is 0 Å². The molecule has 1 N–H and O–H groups in total. The highest BCUT2D eigenvalue weighted by molar-refractivity contribution is 7.92. The third-order valence-electron chi connectivity index (χ3n) is 2.49. The predicted molar refractivity (Wildman–Crippen MR) is 73.2 cm³/mol. The molecule has 0 bridgehead atoms. The van der Waals surface area contributed by atoms with E-state index in [1.165, 1.54) is 28.4 Å². The molecule has 8 nitrogen and oxygen atoms in total. The number of hydrogen-bond donors (Lipinski definition) is 1. The molecule has 0 rings (SSSR count). The van der Waals surface area contributed by atoms with E-state index < -0.39 is 25.4 Å². The SMILES string of the molecule is COP(=O)(CCS(=O)(=O)CC[P+](O)(OC)OC)OC. The molecule has 0 radical (unpaired) electrons. The first-order valence-electron chi connectivity index (χ1n) is 5.29. The summed E-state index contributed by atoms with van der Waals surface area (Å²) in [4.78, 5) is 9.71. The summed E-state index contributed by atoms with van der Waals surface area (Å²) in [5, 5.41) is 0. The first-order chi connectivity index (χ1) is 8.66. The third-order valence-corrected chi connectivity index (χ3v) is 8.56. The van der Waals surface area contributed by atoms with Crippen molar-refractivity contribution < 1.29 is 36.0 Å². The Morgan fingerprint density at radius 1 is 1.05 bits per heavy atom. The molecule has 0 heterocycles. The second-order valence-corrected chi connectivity index (χ2v) is 10.7. The van der Waals surface area contributed by atoms with Gasteiger partial charge in [0.2, 0.25) is 0 Å². The zero-order chi connectivity index (χ0) is 15.2. The van der Waals surface area contributed by atoms with E-state index in [9.17, 15) is 17.9 Å². The molecule has 19 heavy (non-hydrogen) atoms. The Morgan fingerprint density at radius 2 is 1.53 bits per heavy atom. The molecule has 0 atom stereocenters. The molecule has 0 aromatic carbocycles. The highest BCUT2D eigenvalue weighted by Crippen LogP contribution is 2.55. The van der Waals surface area contributed by atoms with Crippen molar-refractivity contribution in [3.05, 3.63) is 0 Å². The number of hydrogen-bond acceptors (Lipinski definition) is 8. The summed E-state index contributed by atoms with van der Waals surface area (Å²) in [6, 6.07) is 0. The van der Waals surface area contributed by atoms with Crippen LogP contribution in [0.3, 0.4) is 0 Å². The van der Waals surface area contributed by atoms with Crippen molar-refractivity contribution in [2.24, 2.45) is 0 Å². The number of rotatable bonds is 10. The molecule has 0 amide bonds. The van der Waals surface area contributed by atoms with Crippen molar-refractivity contribution in [3.63, 3.8) is 0 Å². The van der Waals surface area contributed by atoms with Gasteiger partial charge >= 0.3 is 15.5 Å². The highest BCUT2D eigenvalue weighted by Gasteiger charge is 2.39. The molecule has 0 aromatic rings. The standard InChI is InChI=1S/C8H21O8P2S/c1-13-17(9,14-2)5-7-19(11,12)8-6-18(10,15-3)16-4/h9H,5-8H2,1-4H3/q+1. The maximum absolute atomic E-state index is 11.8. The van der Waals surface area contributed by atoms with Gasteiger partial charge in [0.15, 0.2) is 16.0 Å². The lowest BCUT2D eigenvalue weighted by atomic mass is 10.9. The Morgan fingerprint density at radius 3 is 1.89 bits per heavy atom. The average Bonchev–Trinajstić information content (AvgIpc) is 2.42. The molecule has 0 aliphatic carbocycles. The molecular formula is C8H21O8P2S+. The van der Waals surface area contributed by atoms with Gasteiger partial charge in [-0.05, 0) is 0 Å². The van der Waals surface area contributed by atoms with Gasteiger partial charge in [0.1, 0.15) is 0 Å². The summed E-state index contributed by atoms with van der Waals surface area (Å²) < 4.78 is 54.0. The zero-order valence-corrected chi connectivity index (χ0v) is 14.0. The molecule has 0 saturated heterocycles. The molecule has 0 aliphatic rings. The maximum atomic E-state index is 11.8. The van der Waals surface area contributed by atoms with Crippen LogP contribution in [0.2, 0.25) is 0 Å². The molecule has 0 unspecified atom stereocenters. The van der Waals surface area contributed by atoms with Crippen LogP contribution in [0.5, 0.6) is 0 Å². The lowest BCUT2D eigenvalue weighted by molar-refractivity contribution is 0.242. The normalized spacial score (nSPS) is 13.7. The van der Waals surface area contributed by atoms with E-state index >= 15 is 0 Å². The summed E-state index contributed by atoms with van der Waals surface area (Å²) in [5.41, 5.74) is 0. The molecule has 116 valence electrons. The Labute approximate surface area is 114 Å². The van der Waals surface area contributed by atoms with Crippen molar-refractivity contribution in [1.29, 1.82) is 0 Å². The molecule has 0 spiro atoms. The van der Waals surface area contributed by atoms with Gasteiger partial charge in [-0.15, -0.1) is 0 Å². The minimum Gasteiger partial charge on any atom is -0.312 e. The van der Waals surface area contributed by atoms with Crippen molar-refractivity contribution >= 4 is 25.4 Å². The molecular weight excluding hydrogens is 318 g/mol. The fraction of sp³-hybridized carbons (Fsp3) is 1.00. The molecule has 0 saturated carbocycles. The lowest BCUT2D eigenvalue weighted by Gasteiger charge is -2.15. The van der Waals surface area contributed by atoms with Crippen LogP contribution in [0, 0.1) is 0 Å². The molecule has 0 fully saturated rings. The van der Waals surface area contributed by atoms with Crippen molar-refractivity contribution in [3.8, 4) is 0 Å². The zero-order valence-electron chi connectivity index (χ0n) is 11.4. The van der Waals surface area contributed by atoms with Gasteiger partial charge in [-0.2, -0.15) is 13.9 Å². The summed E-state index contributed by atoms with van der Waals surface area (Å²) in [6.45, 7) is 0. The minimum atomic E-state index is -3.51. The van der Waals surface area contributed by atoms with Crippen LogP contribution >= 0.6 is 15.5 Å². The summed E-state index contributed by atoms with van der Waals surface area (Å²) >= 11 is 0. The second kappa shape index (κ2) is 8.00. The Hall–Kier alpha value is 0.410. The summed E-state index contributed by atoms with van der Waals surface area (Å²) in [6.07, 6.45) is -0.383. The molecule has 11 heteroatoms.